The third-order valence-electron chi connectivity index (χ3n) is 3.84. The van der Waals surface area contributed by atoms with Crippen molar-refractivity contribution in [2.24, 2.45) is 5.92 Å². The smallest absolute Gasteiger partial charge is 0.255 e. The molecule has 0 radical (unpaired) electrons. The van der Waals surface area contributed by atoms with Crippen molar-refractivity contribution >= 4 is 29.2 Å². The highest BCUT2D eigenvalue weighted by Gasteiger charge is 2.23. The number of carbonyl (C=O) groups is 2. The van der Waals surface area contributed by atoms with Gasteiger partial charge in [-0.25, -0.2) is 0 Å². The van der Waals surface area contributed by atoms with E-state index in [1.165, 1.54) is 19.2 Å². The monoisotopic (exact) mass is 340 g/mol. The number of benzene rings is 1. The van der Waals surface area contributed by atoms with Crippen molar-refractivity contribution in [3.8, 4) is 5.75 Å². The minimum Gasteiger partial charge on any atom is -0.549 e. The summed E-state index contributed by atoms with van der Waals surface area (Å²) in [5.74, 6) is -0.832. The molecule has 0 bridgehead atoms. The molecular formula is C15H19ClN3O4-. The van der Waals surface area contributed by atoms with E-state index in [0.717, 1.165) is 6.42 Å². The molecule has 0 aromatic heterocycles. The molecule has 1 aliphatic rings. The van der Waals surface area contributed by atoms with Crippen LogP contribution in [-0.2, 0) is 4.79 Å². The molecule has 1 aromatic rings. The van der Waals surface area contributed by atoms with Gasteiger partial charge in [0.2, 0.25) is 0 Å². The predicted octanol–water partition coefficient (Wildman–Crippen LogP) is -0.268. The summed E-state index contributed by atoms with van der Waals surface area (Å²) in [6.07, 6.45) is 0.827. The molecule has 0 aliphatic carbocycles. The molecule has 1 unspecified atom stereocenters. The van der Waals surface area contributed by atoms with E-state index >= 15 is 0 Å². The van der Waals surface area contributed by atoms with Crippen LogP contribution in [0.25, 0.3) is 0 Å². The van der Waals surface area contributed by atoms with Gasteiger partial charge in [0.1, 0.15) is 5.75 Å². The number of carboxylic acid groups (broad SMARTS) is 1. The van der Waals surface area contributed by atoms with Gasteiger partial charge in [0.25, 0.3) is 5.91 Å². The van der Waals surface area contributed by atoms with E-state index < -0.39 is 5.97 Å². The lowest BCUT2D eigenvalue weighted by Crippen LogP contribution is -2.37. The second kappa shape index (κ2) is 7.52. The number of carboxylic acids is 1. The van der Waals surface area contributed by atoms with Crippen LogP contribution in [0.3, 0.4) is 0 Å². The summed E-state index contributed by atoms with van der Waals surface area (Å²) >= 11 is 5.95. The number of rotatable bonds is 6. The first kappa shape index (κ1) is 17.4. The van der Waals surface area contributed by atoms with E-state index in [-0.39, 0.29) is 23.4 Å². The van der Waals surface area contributed by atoms with Gasteiger partial charge in [-0.15, -0.1) is 0 Å². The molecule has 1 atom stereocenters. The van der Waals surface area contributed by atoms with E-state index in [4.69, 9.17) is 22.1 Å². The molecule has 1 heterocycles. The van der Waals surface area contributed by atoms with E-state index in [0.29, 0.717) is 36.6 Å². The summed E-state index contributed by atoms with van der Waals surface area (Å²) in [5, 5.41) is 13.7. The molecule has 23 heavy (non-hydrogen) atoms. The lowest BCUT2D eigenvalue weighted by Gasteiger charge is -2.17. The number of aliphatic carboxylic acids is 1. The third-order valence-corrected chi connectivity index (χ3v) is 4.16. The van der Waals surface area contributed by atoms with Gasteiger partial charge in [-0.2, -0.15) is 0 Å². The van der Waals surface area contributed by atoms with Crippen LogP contribution in [0.4, 0.5) is 5.69 Å². The van der Waals surface area contributed by atoms with Gasteiger partial charge in [-0.3, -0.25) is 9.69 Å². The number of ether oxygens (including phenoxy) is 1. The van der Waals surface area contributed by atoms with Crippen LogP contribution in [-0.4, -0.2) is 50.1 Å². The zero-order valence-corrected chi connectivity index (χ0v) is 13.6. The number of halogens is 1. The number of nitrogens with two attached hydrogens (primary N) is 1. The summed E-state index contributed by atoms with van der Waals surface area (Å²) in [4.78, 5) is 24.7. The number of anilines is 1. The molecule has 1 saturated heterocycles. The number of nitrogens with one attached hydrogen (secondary N) is 1. The Bertz CT molecular complexity index is 609. The first-order chi connectivity index (χ1) is 10.9. The van der Waals surface area contributed by atoms with Crippen molar-refractivity contribution in [2.75, 3.05) is 39.0 Å². The second-order valence-electron chi connectivity index (χ2n) is 5.55. The largest absolute Gasteiger partial charge is 0.549 e. The Hall–Kier alpha value is -1.99. The summed E-state index contributed by atoms with van der Waals surface area (Å²) in [7, 11) is 1.45. The maximum Gasteiger partial charge on any atom is 0.255 e. The molecule has 1 aliphatic heterocycles. The fourth-order valence-corrected chi connectivity index (χ4v) is 2.82. The molecule has 3 N–H and O–H groups in total. The van der Waals surface area contributed by atoms with Gasteiger partial charge in [0.05, 0.1) is 29.4 Å². The number of methoxy groups -OCH3 is 1. The Kier molecular flexibility index (Phi) is 5.68. The van der Waals surface area contributed by atoms with Gasteiger partial charge in [-0.05, 0) is 24.9 Å². The van der Waals surface area contributed by atoms with Crippen molar-refractivity contribution in [3.63, 3.8) is 0 Å². The summed E-state index contributed by atoms with van der Waals surface area (Å²) in [5.41, 5.74) is 6.35. The van der Waals surface area contributed by atoms with Gasteiger partial charge in [0.15, 0.2) is 0 Å². The quantitative estimate of drug-likeness (QED) is 0.690. The van der Waals surface area contributed by atoms with Crippen LogP contribution in [0.2, 0.25) is 5.02 Å². The first-order valence-corrected chi connectivity index (χ1v) is 7.62. The van der Waals surface area contributed by atoms with Crippen LogP contribution >= 0.6 is 11.6 Å². The van der Waals surface area contributed by atoms with Gasteiger partial charge >= 0.3 is 0 Å². The maximum absolute atomic E-state index is 12.3. The molecule has 1 fully saturated rings. The van der Waals surface area contributed by atoms with Crippen molar-refractivity contribution in [3.05, 3.63) is 22.7 Å². The van der Waals surface area contributed by atoms with E-state index in [9.17, 15) is 14.7 Å². The lowest BCUT2D eigenvalue weighted by molar-refractivity contribution is -0.306. The zero-order chi connectivity index (χ0) is 17.0. The average Bonchev–Trinajstić information content (AvgIpc) is 2.93. The Labute approximate surface area is 139 Å². The van der Waals surface area contributed by atoms with E-state index in [1.807, 2.05) is 0 Å². The predicted molar refractivity (Wildman–Crippen MR) is 84.3 cm³/mol. The summed E-state index contributed by atoms with van der Waals surface area (Å²) < 4.78 is 5.16. The third kappa shape index (κ3) is 4.49. The Morgan fingerprint density at radius 2 is 2.26 bits per heavy atom. The van der Waals surface area contributed by atoms with Gasteiger partial charge in [-0.1, -0.05) is 11.6 Å². The van der Waals surface area contributed by atoms with Crippen LogP contribution < -0.4 is 20.9 Å². The Morgan fingerprint density at radius 3 is 2.91 bits per heavy atom. The van der Waals surface area contributed by atoms with Crippen molar-refractivity contribution in [1.82, 2.24) is 10.2 Å². The molecule has 2 rings (SSSR count). The molecule has 7 nitrogen and oxygen atoms in total. The highest BCUT2D eigenvalue weighted by Crippen LogP contribution is 2.28. The summed E-state index contributed by atoms with van der Waals surface area (Å²) in [6, 6.07) is 2.98. The van der Waals surface area contributed by atoms with Gasteiger partial charge < -0.3 is 25.7 Å². The number of carbonyl (C=O) groups excluding carboxylic acids is 2. The Balaban J connectivity index is 1.93. The fraction of sp³-hybridized carbons (Fsp3) is 0.467. The molecule has 1 aromatic carbocycles. The summed E-state index contributed by atoms with van der Waals surface area (Å²) in [6.45, 7) is 1.68. The number of nitrogen functional groups attached to an aromatic ring is 1. The molecular weight excluding hydrogens is 322 g/mol. The normalized spacial score (nSPS) is 17.9. The highest BCUT2D eigenvalue weighted by atomic mass is 35.5. The standard InChI is InChI=1S/C15H20ClN3O4/c1-23-13-5-12(17)11(16)4-10(13)15(22)18-6-9-2-3-19(7-9)8-14(20)21/h4-5,9H,2-3,6-8,17H2,1H3,(H,18,22)(H,20,21)/p-1. The van der Waals surface area contributed by atoms with Crippen LogP contribution in [0.1, 0.15) is 16.8 Å². The number of hydrogen-bond acceptors (Lipinski definition) is 6. The van der Waals surface area contributed by atoms with Crippen LogP contribution in [0.15, 0.2) is 12.1 Å². The van der Waals surface area contributed by atoms with Crippen LogP contribution in [0, 0.1) is 5.92 Å². The minimum absolute atomic E-state index is 0.0775. The average molecular weight is 341 g/mol. The van der Waals surface area contributed by atoms with Crippen molar-refractivity contribution < 1.29 is 19.4 Å². The van der Waals surface area contributed by atoms with Crippen molar-refractivity contribution in [2.45, 2.75) is 6.42 Å². The molecule has 1 amide bonds. The molecule has 126 valence electrons. The molecule has 0 saturated carbocycles. The molecule has 0 spiro atoms. The highest BCUT2D eigenvalue weighted by molar-refractivity contribution is 6.33. The number of hydrogen-bond donors (Lipinski definition) is 2. The zero-order valence-electron chi connectivity index (χ0n) is 12.8. The molecule has 8 heteroatoms. The fourth-order valence-electron chi connectivity index (χ4n) is 2.65. The van der Waals surface area contributed by atoms with Gasteiger partial charge in [0, 0.05) is 25.7 Å². The van der Waals surface area contributed by atoms with Crippen molar-refractivity contribution in [1.29, 1.82) is 0 Å². The van der Waals surface area contributed by atoms with Crippen LogP contribution in [0.5, 0.6) is 5.75 Å². The Morgan fingerprint density at radius 1 is 1.52 bits per heavy atom. The lowest BCUT2D eigenvalue weighted by atomic mass is 10.1. The number of amides is 1. The maximum atomic E-state index is 12.3. The SMILES string of the molecule is COc1cc(N)c(Cl)cc1C(=O)NCC1CCN(CC(=O)[O-])C1. The van der Waals surface area contributed by atoms with E-state index in [2.05, 4.69) is 5.32 Å². The minimum atomic E-state index is -1.09. The number of nitrogens with zero attached hydrogens (tertiary/aromatic N) is 1. The second-order valence-corrected chi connectivity index (χ2v) is 5.95. The van der Waals surface area contributed by atoms with E-state index in [1.54, 1.807) is 4.90 Å². The first-order valence-electron chi connectivity index (χ1n) is 7.24. The topological polar surface area (TPSA) is 108 Å². The number of likely N-dealkylation sites (tertiary alicyclic amines) is 1.